The number of nitrogens with zero attached hydrogens (tertiary/aromatic N) is 1. The highest BCUT2D eigenvalue weighted by atomic mass is 19.1. The molecule has 3 rings (SSSR count). The number of halogens is 1. The van der Waals surface area contributed by atoms with Crippen LogP contribution in [0.1, 0.15) is 36.9 Å². The van der Waals surface area contributed by atoms with E-state index in [-0.39, 0.29) is 11.7 Å². The molecule has 0 aromatic heterocycles. The highest BCUT2D eigenvalue weighted by molar-refractivity contribution is 5.68. The molecule has 2 aromatic carbocycles. The molecule has 2 unspecified atom stereocenters. The fourth-order valence-corrected chi connectivity index (χ4v) is 3.07. The first kappa shape index (κ1) is 19.3. The van der Waals surface area contributed by atoms with Crippen molar-refractivity contribution in [3.05, 3.63) is 71.5 Å². The summed E-state index contributed by atoms with van der Waals surface area (Å²) in [5, 5.41) is 3.19. The van der Waals surface area contributed by atoms with Crippen LogP contribution < -0.4 is 5.32 Å². The molecule has 2 aromatic rings. The van der Waals surface area contributed by atoms with Gasteiger partial charge >= 0.3 is 6.09 Å². The lowest BCUT2D eigenvalue weighted by atomic mass is 10.1. The molecule has 1 N–H and O–H groups in total. The first-order valence-corrected chi connectivity index (χ1v) is 9.30. The molecule has 144 valence electrons. The summed E-state index contributed by atoms with van der Waals surface area (Å²) in [5.74, 6) is -0.460. The van der Waals surface area contributed by atoms with Crippen LogP contribution in [-0.2, 0) is 9.47 Å². The summed E-state index contributed by atoms with van der Waals surface area (Å²) in [5.41, 5.74) is 1.18. The predicted octanol–water partition coefficient (Wildman–Crippen LogP) is 4.03. The van der Waals surface area contributed by atoms with Gasteiger partial charge < -0.3 is 19.7 Å². The summed E-state index contributed by atoms with van der Waals surface area (Å²) >= 11 is 0. The van der Waals surface area contributed by atoms with E-state index in [1.165, 1.54) is 6.07 Å². The van der Waals surface area contributed by atoms with E-state index in [0.29, 0.717) is 32.6 Å². The van der Waals surface area contributed by atoms with Crippen LogP contribution >= 0.6 is 0 Å². The molecule has 1 saturated heterocycles. The van der Waals surface area contributed by atoms with Gasteiger partial charge in [0.1, 0.15) is 5.82 Å². The second-order valence-corrected chi connectivity index (χ2v) is 6.42. The number of amides is 1. The third-order valence-corrected chi connectivity index (χ3v) is 4.57. The zero-order chi connectivity index (χ0) is 19.1. The Morgan fingerprint density at radius 2 is 1.78 bits per heavy atom. The smallest absolute Gasteiger partial charge is 0.412 e. The maximum Gasteiger partial charge on any atom is 0.412 e. The van der Waals surface area contributed by atoms with Gasteiger partial charge in [0.25, 0.3) is 0 Å². The van der Waals surface area contributed by atoms with Gasteiger partial charge in [-0.15, -0.1) is 0 Å². The third kappa shape index (κ3) is 5.05. The molecule has 0 aliphatic carbocycles. The molecule has 0 radical (unpaired) electrons. The quantitative estimate of drug-likeness (QED) is 0.778. The lowest BCUT2D eigenvalue weighted by Crippen LogP contribution is -2.47. The predicted molar refractivity (Wildman–Crippen MR) is 101 cm³/mol. The number of ether oxygens (including phenoxy) is 2. The van der Waals surface area contributed by atoms with Gasteiger partial charge in [0.15, 0.2) is 0 Å². The van der Waals surface area contributed by atoms with E-state index in [2.05, 4.69) is 5.32 Å². The summed E-state index contributed by atoms with van der Waals surface area (Å²) in [7, 11) is 0. The Balaban J connectivity index is 1.81. The van der Waals surface area contributed by atoms with E-state index in [1.54, 1.807) is 23.1 Å². The molecule has 2 atom stereocenters. The number of benzene rings is 2. The Hall–Kier alpha value is -2.44. The van der Waals surface area contributed by atoms with Crippen molar-refractivity contribution in [3.63, 3.8) is 0 Å². The van der Waals surface area contributed by atoms with E-state index in [9.17, 15) is 9.18 Å². The van der Waals surface area contributed by atoms with Gasteiger partial charge in [0.05, 0.1) is 11.7 Å². The Bertz CT molecular complexity index is 735. The van der Waals surface area contributed by atoms with Crippen molar-refractivity contribution in [3.8, 4) is 0 Å². The van der Waals surface area contributed by atoms with Crippen LogP contribution in [0.3, 0.4) is 0 Å². The fraction of sp³-hybridized carbons (Fsp3) is 0.381. The normalized spacial score (nSPS) is 16.6. The van der Waals surface area contributed by atoms with E-state index in [4.69, 9.17) is 9.47 Å². The maximum absolute atomic E-state index is 14.4. The van der Waals surface area contributed by atoms with Crippen LogP contribution in [0, 0.1) is 5.82 Å². The lowest BCUT2D eigenvalue weighted by molar-refractivity contribution is -0.152. The molecule has 0 saturated carbocycles. The van der Waals surface area contributed by atoms with Crippen molar-refractivity contribution in [2.75, 3.05) is 26.2 Å². The summed E-state index contributed by atoms with van der Waals surface area (Å²) in [6.07, 6.45) is -1.25. The molecule has 0 bridgehead atoms. The molecule has 1 amide bonds. The van der Waals surface area contributed by atoms with E-state index in [1.807, 2.05) is 37.3 Å². The molecule has 6 heteroatoms. The van der Waals surface area contributed by atoms with Gasteiger partial charge in [-0.3, -0.25) is 0 Å². The van der Waals surface area contributed by atoms with Crippen molar-refractivity contribution in [2.24, 2.45) is 0 Å². The molecular formula is C21H25FN2O3. The SMILES string of the molecule is CCC(OC(OC(=O)N1CCNCC1)c1ccccc1F)c1ccccc1. The van der Waals surface area contributed by atoms with Crippen LogP contribution in [0.15, 0.2) is 54.6 Å². The highest BCUT2D eigenvalue weighted by Crippen LogP contribution is 2.31. The van der Waals surface area contributed by atoms with Crippen molar-refractivity contribution >= 4 is 6.09 Å². The molecule has 5 nitrogen and oxygen atoms in total. The first-order chi connectivity index (χ1) is 13.2. The van der Waals surface area contributed by atoms with Gasteiger partial charge in [-0.2, -0.15) is 0 Å². The summed E-state index contributed by atoms with van der Waals surface area (Å²) < 4.78 is 26.1. The minimum Gasteiger partial charge on any atom is -0.415 e. The van der Waals surface area contributed by atoms with Crippen molar-refractivity contribution in [1.29, 1.82) is 0 Å². The monoisotopic (exact) mass is 372 g/mol. The van der Waals surface area contributed by atoms with Crippen molar-refractivity contribution < 1.29 is 18.7 Å². The second kappa shape index (κ2) is 9.48. The zero-order valence-corrected chi connectivity index (χ0v) is 15.4. The number of carbonyl (C=O) groups is 1. The average Bonchev–Trinajstić information content (AvgIpc) is 2.72. The molecule has 0 spiro atoms. The van der Waals surface area contributed by atoms with Gasteiger partial charge in [-0.1, -0.05) is 49.4 Å². The van der Waals surface area contributed by atoms with Gasteiger partial charge in [-0.25, -0.2) is 9.18 Å². The first-order valence-electron chi connectivity index (χ1n) is 9.30. The molecule has 1 aliphatic rings. The topological polar surface area (TPSA) is 50.8 Å². The van der Waals surface area contributed by atoms with Crippen molar-refractivity contribution in [1.82, 2.24) is 10.2 Å². The minimum atomic E-state index is -1.11. The number of rotatable bonds is 6. The molecule has 1 aliphatic heterocycles. The van der Waals surface area contributed by atoms with E-state index >= 15 is 0 Å². The molecule has 27 heavy (non-hydrogen) atoms. The van der Waals surface area contributed by atoms with Gasteiger partial charge in [0, 0.05) is 26.2 Å². The standard InChI is InChI=1S/C21H25FN2O3/c1-2-19(16-8-4-3-5-9-16)26-20(17-10-6-7-11-18(17)22)27-21(25)24-14-12-23-13-15-24/h3-11,19-20,23H,2,12-15H2,1H3. The Labute approximate surface area is 159 Å². The highest BCUT2D eigenvalue weighted by Gasteiger charge is 2.27. The zero-order valence-electron chi connectivity index (χ0n) is 15.4. The lowest BCUT2D eigenvalue weighted by Gasteiger charge is -2.30. The maximum atomic E-state index is 14.4. The Morgan fingerprint density at radius 1 is 1.11 bits per heavy atom. The number of carbonyl (C=O) groups excluding carboxylic acids is 1. The minimum absolute atomic E-state index is 0.218. The third-order valence-electron chi connectivity index (χ3n) is 4.57. The summed E-state index contributed by atoms with van der Waals surface area (Å²) in [6.45, 7) is 4.51. The number of piperazine rings is 1. The average molecular weight is 372 g/mol. The molecule has 1 heterocycles. The van der Waals surface area contributed by atoms with E-state index < -0.39 is 18.2 Å². The van der Waals surface area contributed by atoms with Crippen LogP contribution in [0.25, 0.3) is 0 Å². The van der Waals surface area contributed by atoms with Crippen LogP contribution in [-0.4, -0.2) is 37.2 Å². The number of nitrogens with one attached hydrogen (secondary N) is 1. The van der Waals surface area contributed by atoms with Gasteiger partial charge in [-0.05, 0) is 24.1 Å². The van der Waals surface area contributed by atoms with Crippen molar-refractivity contribution in [2.45, 2.75) is 25.7 Å². The van der Waals surface area contributed by atoms with E-state index in [0.717, 1.165) is 5.56 Å². The van der Waals surface area contributed by atoms with Crippen LogP contribution in [0.4, 0.5) is 9.18 Å². The summed E-state index contributed by atoms with van der Waals surface area (Å²) in [6, 6.07) is 15.9. The van der Waals surface area contributed by atoms with Crippen LogP contribution in [0.2, 0.25) is 0 Å². The molecule has 1 fully saturated rings. The van der Waals surface area contributed by atoms with Crippen LogP contribution in [0.5, 0.6) is 0 Å². The second-order valence-electron chi connectivity index (χ2n) is 6.42. The summed E-state index contributed by atoms with van der Waals surface area (Å²) in [4.78, 5) is 14.2. The van der Waals surface area contributed by atoms with Gasteiger partial charge in [0.2, 0.25) is 6.29 Å². The number of hydrogen-bond donors (Lipinski definition) is 1. The largest absolute Gasteiger partial charge is 0.415 e. The fourth-order valence-electron chi connectivity index (χ4n) is 3.07. The Kier molecular flexibility index (Phi) is 6.79. The molecular weight excluding hydrogens is 347 g/mol. The number of hydrogen-bond acceptors (Lipinski definition) is 4. The Morgan fingerprint density at radius 3 is 2.44 bits per heavy atom.